The minimum Gasteiger partial charge on any atom is -0.262 e. The minimum atomic E-state index is -0.229. The minimum absolute atomic E-state index is 0.229. The molecule has 2 aromatic carbocycles. The normalized spacial score (nSPS) is 11.1. The lowest BCUT2D eigenvalue weighted by atomic mass is 10.1. The second-order valence-corrected chi connectivity index (χ2v) is 5.23. The first-order valence-corrected chi connectivity index (χ1v) is 6.91. The van der Waals surface area contributed by atoms with Crippen molar-refractivity contribution in [1.29, 1.82) is 0 Å². The Morgan fingerprint density at radius 1 is 1.21 bits per heavy atom. The van der Waals surface area contributed by atoms with Crippen molar-refractivity contribution >= 4 is 26.8 Å². The van der Waals surface area contributed by atoms with Gasteiger partial charge in [-0.05, 0) is 25.1 Å². The molecule has 2 nitrogen and oxygen atoms in total. The number of aromatic nitrogens is 2. The van der Waals surface area contributed by atoms with Gasteiger partial charge in [0.1, 0.15) is 17.0 Å². The van der Waals surface area contributed by atoms with Gasteiger partial charge in [-0.2, -0.15) is 5.10 Å². The van der Waals surface area contributed by atoms with Crippen LogP contribution in [0.25, 0.3) is 22.2 Å². The molecule has 0 radical (unpaired) electrons. The third-order valence-electron chi connectivity index (χ3n) is 3.12. The summed E-state index contributed by atoms with van der Waals surface area (Å²) in [7, 11) is 0. The molecule has 0 spiro atoms. The lowest BCUT2D eigenvalue weighted by Gasteiger charge is -1.98. The molecular formula is C15H12BrFN2. The molecule has 4 heteroatoms. The van der Waals surface area contributed by atoms with Crippen LogP contribution in [-0.4, -0.2) is 9.78 Å². The molecule has 1 aromatic heterocycles. The van der Waals surface area contributed by atoms with Crippen molar-refractivity contribution < 1.29 is 4.39 Å². The standard InChI is InChI=1S/C15H12BrFN2/c1-2-19-15-12(7-4-8-13(15)17)14(18-19)10-5-3-6-11(16)9-10/h3-9H,2H2,1H3. The van der Waals surface area contributed by atoms with Gasteiger partial charge in [0.15, 0.2) is 0 Å². The van der Waals surface area contributed by atoms with E-state index in [9.17, 15) is 4.39 Å². The number of fused-ring (bicyclic) bond motifs is 1. The highest BCUT2D eigenvalue weighted by Gasteiger charge is 2.14. The fourth-order valence-electron chi connectivity index (χ4n) is 2.27. The van der Waals surface area contributed by atoms with Gasteiger partial charge in [0.2, 0.25) is 0 Å². The maximum Gasteiger partial charge on any atom is 0.149 e. The van der Waals surface area contributed by atoms with E-state index in [-0.39, 0.29) is 5.82 Å². The van der Waals surface area contributed by atoms with Crippen molar-refractivity contribution in [2.45, 2.75) is 13.5 Å². The van der Waals surface area contributed by atoms with Crippen LogP contribution in [0.1, 0.15) is 6.92 Å². The number of hydrogen-bond donors (Lipinski definition) is 0. The summed E-state index contributed by atoms with van der Waals surface area (Å²) in [6, 6.07) is 13.0. The Morgan fingerprint density at radius 3 is 2.74 bits per heavy atom. The molecule has 0 aliphatic carbocycles. The molecule has 3 rings (SSSR count). The van der Waals surface area contributed by atoms with Crippen LogP contribution >= 0.6 is 15.9 Å². The largest absolute Gasteiger partial charge is 0.262 e. The fourth-order valence-corrected chi connectivity index (χ4v) is 2.67. The topological polar surface area (TPSA) is 17.8 Å². The molecule has 3 aromatic rings. The number of hydrogen-bond acceptors (Lipinski definition) is 1. The molecule has 0 aliphatic rings. The quantitative estimate of drug-likeness (QED) is 0.674. The molecule has 0 unspecified atom stereocenters. The van der Waals surface area contributed by atoms with Gasteiger partial charge >= 0.3 is 0 Å². The van der Waals surface area contributed by atoms with Gasteiger partial charge in [0, 0.05) is 22.0 Å². The Labute approximate surface area is 119 Å². The van der Waals surface area contributed by atoms with Crippen LogP contribution in [0, 0.1) is 5.82 Å². The van der Waals surface area contributed by atoms with Gasteiger partial charge in [0.05, 0.1) is 0 Å². The highest BCUT2D eigenvalue weighted by molar-refractivity contribution is 9.10. The molecule has 19 heavy (non-hydrogen) atoms. The maximum atomic E-state index is 14.0. The van der Waals surface area contributed by atoms with Crippen LogP contribution in [0.5, 0.6) is 0 Å². The molecule has 0 amide bonds. The van der Waals surface area contributed by atoms with Crippen molar-refractivity contribution in [2.24, 2.45) is 0 Å². The van der Waals surface area contributed by atoms with Gasteiger partial charge in [-0.3, -0.25) is 4.68 Å². The smallest absolute Gasteiger partial charge is 0.149 e. The average molecular weight is 319 g/mol. The molecule has 0 N–H and O–H groups in total. The summed E-state index contributed by atoms with van der Waals surface area (Å²) < 4.78 is 16.7. The number of halogens is 2. The van der Waals surface area contributed by atoms with Crippen molar-refractivity contribution in [3.8, 4) is 11.3 Å². The van der Waals surface area contributed by atoms with Crippen LogP contribution in [-0.2, 0) is 6.54 Å². The molecule has 0 bridgehead atoms. The number of benzene rings is 2. The summed E-state index contributed by atoms with van der Waals surface area (Å²) in [6.07, 6.45) is 0. The van der Waals surface area contributed by atoms with Gasteiger partial charge in [-0.1, -0.05) is 40.2 Å². The van der Waals surface area contributed by atoms with Crippen LogP contribution in [0.4, 0.5) is 4.39 Å². The third kappa shape index (κ3) is 2.06. The highest BCUT2D eigenvalue weighted by atomic mass is 79.9. The number of aryl methyl sites for hydroxylation is 1. The van der Waals surface area contributed by atoms with E-state index in [0.717, 1.165) is 21.1 Å². The predicted octanol–water partition coefficient (Wildman–Crippen LogP) is 4.62. The molecule has 0 aliphatic heterocycles. The second kappa shape index (κ2) is 4.78. The Balaban J connectivity index is 2.33. The first kappa shape index (κ1) is 12.4. The molecule has 1 heterocycles. The molecule has 0 fully saturated rings. The lowest BCUT2D eigenvalue weighted by Crippen LogP contribution is -1.97. The number of rotatable bonds is 2. The zero-order valence-corrected chi connectivity index (χ0v) is 12.0. The van der Waals surface area contributed by atoms with Crippen molar-refractivity contribution in [1.82, 2.24) is 9.78 Å². The van der Waals surface area contributed by atoms with Crippen LogP contribution in [0.3, 0.4) is 0 Å². The highest BCUT2D eigenvalue weighted by Crippen LogP contribution is 2.30. The van der Waals surface area contributed by atoms with E-state index in [1.165, 1.54) is 6.07 Å². The van der Waals surface area contributed by atoms with E-state index < -0.39 is 0 Å². The van der Waals surface area contributed by atoms with E-state index in [0.29, 0.717) is 12.1 Å². The molecule has 0 saturated carbocycles. The molecule has 0 saturated heterocycles. The SMILES string of the molecule is CCn1nc(-c2cccc(Br)c2)c2cccc(F)c21. The van der Waals surface area contributed by atoms with Gasteiger partial charge < -0.3 is 0 Å². The molecule has 96 valence electrons. The summed E-state index contributed by atoms with van der Waals surface area (Å²) in [5.74, 6) is -0.229. The first-order chi connectivity index (χ1) is 9.20. The second-order valence-electron chi connectivity index (χ2n) is 4.31. The zero-order chi connectivity index (χ0) is 13.4. The average Bonchev–Trinajstić information content (AvgIpc) is 2.79. The first-order valence-electron chi connectivity index (χ1n) is 6.11. The predicted molar refractivity (Wildman–Crippen MR) is 78.5 cm³/mol. The summed E-state index contributed by atoms with van der Waals surface area (Å²) in [5.41, 5.74) is 2.37. The van der Waals surface area contributed by atoms with E-state index in [1.807, 2.05) is 37.3 Å². The summed E-state index contributed by atoms with van der Waals surface area (Å²) in [5, 5.41) is 5.38. The third-order valence-corrected chi connectivity index (χ3v) is 3.61. The zero-order valence-electron chi connectivity index (χ0n) is 10.4. The van der Waals surface area contributed by atoms with Crippen LogP contribution in [0.2, 0.25) is 0 Å². The van der Waals surface area contributed by atoms with Crippen LogP contribution < -0.4 is 0 Å². The van der Waals surface area contributed by atoms with Gasteiger partial charge in [-0.25, -0.2) is 4.39 Å². The number of para-hydroxylation sites is 1. The Kier molecular flexibility index (Phi) is 3.11. The van der Waals surface area contributed by atoms with Crippen molar-refractivity contribution in [3.05, 3.63) is 52.8 Å². The monoisotopic (exact) mass is 318 g/mol. The summed E-state index contributed by atoms with van der Waals surface area (Å²) >= 11 is 3.45. The van der Waals surface area contributed by atoms with Crippen molar-refractivity contribution in [2.75, 3.05) is 0 Å². The van der Waals surface area contributed by atoms with E-state index in [1.54, 1.807) is 10.7 Å². The Bertz CT molecular complexity index is 749. The summed E-state index contributed by atoms with van der Waals surface area (Å²) in [4.78, 5) is 0. The number of nitrogens with zero attached hydrogens (tertiary/aromatic N) is 2. The van der Waals surface area contributed by atoms with Crippen molar-refractivity contribution in [3.63, 3.8) is 0 Å². The van der Waals surface area contributed by atoms with E-state index >= 15 is 0 Å². The Hall–Kier alpha value is -1.68. The molecular weight excluding hydrogens is 307 g/mol. The van der Waals surface area contributed by atoms with E-state index in [4.69, 9.17) is 0 Å². The maximum absolute atomic E-state index is 14.0. The van der Waals surface area contributed by atoms with Crippen LogP contribution in [0.15, 0.2) is 46.9 Å². The Morgan fingerprint density at radius 2 is 2.00 bits per heavy atom. The molecule has 0 atom stereocenters. The fraction of sp³-hybridized carbons (Fsp3) is 0.133. The van der Waals surface area contributed by atoms with E-state index in [2.05, 4.69) is 21.0 Å². The summed E-state index contributed by atoms with van der Waals surface area (Å²) in [6.45, 7) is 2.61. The van der Waals surface area contributed by atoms with Gasteiger partial charge in [-0.15, -0.1) is 0 Å². The van der Waals surface area contributed by atoms with Gasteiger partial charge in [0.25, 0.3) is 0 Å². The lowest BCUT2D eigenvalue weighted by molar-refractivity contribution is 0.610.